The summed E-state index contributed by atoms with van der Waals surface area (Å²) in [5.74, 6) is 0.520. The first-order valence-corrected chi connectivity index (χ1v) is 7.05. The maximum Gasteiger partial charge on any atom is 0.268 e. The van der Waals surface area contributed by atoms with E-state index >= 15 is 0 Å². The van der Waals surface area contributed by atoms with Gasteiger partial charge in [0.2, 0.25) is 11.1 Å². The Morgan fingerprint density at radius 1 is 1.27 bits per heavy atom. The minimum Gasteiger partial charge on any atom is -0.437 e. The average Bonchev–Trinajstić information content (AvgIpc) is 2.50. The van der Waals surface area contributed by atoms with Crippen LogP contribution in [0, 0.1) is 6.92 Å². The Morgan fingerprint density at radius 2 is 2.05 bits per heavy atom. The first kappa shape index (κ1) is 14.5. The van der Waals surface area contributed by atoms with Crippen LogP contribution in [0.4, 0.5) is 0 Å². The largest absolute Gasteiger partial charge is 0.437 e. The molecule has 0 aliphatic rings. The number of ether oxygens (including phenoxy) is 1. The van der Waals surface area contributed by atoms with E-state index in [1.54, 1.807) is 38.3 Å². The highest BCUT2D eigenvalue weighted by Crippen LogP contribution is 2.15. The van der Waals surface area contributed by atoms with E-state index in [9.17, 15) is 9.59 Å². The molecule has 0 saturated carbocycles. The van der Waals surface area contributed by atoms with Crippen molar-refractivity contribution in [3.63, 3.8) is 0 Å². The summed E-state index contributed by atoms with van der Waals surface area (Å²) in [6.45, 7) is 2.72. The molecule has 0 N–H and O–H groups in total. The number of methoxy groups -OCH3 is 1. The van der Waals surface area contributed by atoms with Crippen LogP contribution in [0.1, 0.15) is 12.2 Å². The van der Waals surface area contributed by atoms with Crippen LogP contribution in [0.15, 0.2) is 38.3 Å². The molecular weight excluding hydrogens is 284 g/mol. The molecule has 0 fully saturated rings. The lowest BCUT2D eigenvalue weighted by molar-refractivity contribution is 0.189. The van der Waals surface area contributed by atoms with Gasteiger partial charge >= 0.3 is 0 Å². The number of hydrogen-bond acceptors (Lipinski definition) is 5. The maximum atomic E-state index is 12.6. The number of nitrogens with zero attached hydrogens (tertiary/aromatic N) is 2. The Labute approximate surface area is 126 Å². The van der Waals surface area contributed by atoms with Crippen LogP contribution in [-0.2, 0) is 11.3 Å². The van der Waals surface area contributed by atoms with Crippen molar-refractivity contribution < 1.29 is 9.15 Å². The van der Waals surface area contributed by atoms with E-state index in [0.29, 0.717) is 36.4 Å². The van der Waals surface area contributed by atoms with Gasteiger partial charge < -0.3 is 9.15 Å². The molecule has 1 aromatic carbocycles. The standard InChI is InChI=1S/C16H16N2O4/c1-10-17-15-13(16(20)18(10)8-5-9-21-2)14(19)11-6-3-4-7-12(11)22-15/h3-4,6-7H,5,8-9H2,1-2H3. The molecule has 6 nitrogen and oxygen atoms in total. The molecule has 3 aromatic rings. The molecule has 0 unspecified atom stereocenters. The van der Waals surface area contributed by atoms with Gasteiger partial charge in [-0.1, -0.05) is 12.1 Å². The molecule has 0 spiro atoms. The Hall–Kier alpha value is -2.47. The number of para-hydroxylation sites is 1. The van der Waals surface area contributed by atoms with Crippen LogP contribution < -0.4 is 11.0 Å². The molecule has 0 atom stereocenters. The third-order valence-electron chi connectivity index (χ3n) is 3.62. The summed E-state index contributed by atoms with van der Waals surface area (Å²) in [7, 11) is 1.61. The van der Waals surface area contributed by atoms with Crippen molar-refractivity contribution in [1.82, 2.24) is 9.55 Å². The zero-order valence-corrected chi connectivity index (χ0v) is 12.5. The lowest BCUT2D eigenvalue weighted by Gasteiger charge is -2.10. The van der Waals surface area contributed by atoms with E-state index in [1.807, 2.05) is 0 Å². The van der Waals surface area contributed by atoms with Gasteiger partial charge in [-0.25, -0.2) is 0 Å². The average molecular weight is 300 g/mol. The quantitative estimate of drug-likeness (QED) is 0.543. The monoisotopic (exact) mass is 300 g/mol. The summed E-state index contributed by atoms with van der Waals surface area (Å²) in [5.41, 5.74) is -0.175. The van der Waals surface area contributed by atoms with Crippen molar-refractivity contribution in [2.75, 3.05) is 13.7 Å². The highest BCUT2D eigenvalue weighted by Gasteiger charge is 2.15. The predicted octanol–water partition coefficient (Wildman–Crippen LogP) is 1.85. The number of benzene rings is 1. The molecule has 0 radical (unpaired) electrons. The third-order valence-corrected chi connectivity index (χ3v) is 3.62. The molecule has 0 amide bonds. The number of aryl methyl sites for hydroxylation is 1. The van der Waals surface area contributed by atoms with E-state index in [2.05, 4.69) is 4.98 Å². The van der Waals surface area contributed by atoms with Crippen molar-refractivity contribution in [3.05, 3.63) is 50.7 Å². The molecular formula is C16H16N2O4. The first-order valence-electron chi connectivity index (χ1n) is 7.05. The van der Waals surface area contributed by atoms with E-state index in [-0.39, 0.29) is 22.1 Å². The van der Waals surface area contributed by atoms with Crippen LogP contribution in [-0.4, -0.2) is 23.3 Å². The van der Waals surface area contributed by atoms with Crippen molar-refractivity contribution in [2.24, 2.45) is 0 Å². The van der Waals surface area contributed by atoms with E-state index < -0.39 is 0 Å². The fourth-order valence-corrected chi connectivity index (χ4v) is 2.52. The van der Waals surface area contributed by atoms with Crippen molar-refractivity contribution in [1.29, 1.82) is 0 Å². The van der Waals surface area contributed by atoms with Gasteiger partial charge in [0.25, 0.3) is 5.56 Å². The second kappa shape index (κ2) is 5.73. The van der Waals surface area contributed by atoms with E-state index in [1.165, 1.54) is 4.57 Å². The summed E-state index contributed by atoms with van der Waals surface area (Å²) < 4.78 is 12.1. The molecule has 2 aromatic heterocycles. The molecule has 0 bridgehead atoms. The van der Waals surface area contributed by atoms with Gasteiger partial charge in [-0.3, -0.25) is 14.2 Å². The van der Waals surface area contributed by atoms with Crippen LogP contribution in [0.25, 0.3) is 22.1 Å². The van der Waals surface area contributed by atoms with Crippen LogP contribution in [0.5, 0.6) is 0 Å². The smallest absolute Gasteiger partial charge is 0.268 e. The van der Waals surface area contributed by atoms with Gasteiger partial charge in [0.05, 0.1) is 5.39 Å². The number of fused-ring (bicyclic) bond motifs is 2. The molecule has 114 valence electrons. The topological polar surface area (TPSA) is 74.3 Å². The van der Waals surface area contributed by atoms with E-state index in [4.69, 9.17) is 9.15 Å². The molecule has 0 aliphatic carbocycles. The van der Waals surface area contributed by atoms with Gasteiger partial charge in [-0.15, -0.1) is 0 Å². The van der Waals surface area contributed by atoms with Crippen molar-refractivity contribution in [2.45, 2.75) is 19.9 Å². The van der Waals surface area contributed by atoms with Gasteiger partial charge in [0.1, 0.15) is 11.4 Å². The van der Waals surface area contributed by atoms with Crippen molar-refractivity contribution >= 4 is 22.1 Å². The maximum absolute atomic E-state index is 12.6. The summed E-state index contributed by atoms with van der Waals surface area (Å²) >= 11 is 0. The fourth-order valence-electron chi connectivity index (χ4n) is 2.52. The van der Waals surface area contributed by atoms with Crippen LogP contribution in [0.3, 0.4) is 0 Å². The number of rotatable bonds is 4. The van der Waals surface area contributed by atoms with Crippen LogP contribution in [0.2, 0.25) is 0 Å². The first-order chi connectivity index (χ1) is 10.6. The molecule has 6 heteroatoms. The number of hydrogen-bond donors (Lipinski definition) is 0. The summed E-state index contributed by atoms with van der Waals surface area (Å²) in [6, 6.07) is 6.85. The van der Waals surface area contributed by atoms with Gasteiger partial charge in [0, 0.05) is 20.3 Å². The zero-order valence-electron chi connectivity index (χ0n) is 12.5. The second-order valence-electron chi connectivity index (χ2n) is 5.07. The second-order valence-corrected chi connectivity index (χ2v) is 5.07. The Balaban J connectivity index is 2.29. The minimum absolute atomic E-state index is 0.00159. The van der Waals surface area contributed by atoms with Crippen LogP contribution >= 0.6 is 0 Å². The molecule has 0 aliphatic heterocycles. The number of aromatic nitrogens is 2. The Kier molecular flexibility index (Phi) is 3.77. The fraction of sp³-hybridized carbons (Fsp3) is 0.312. The highest BCUT2D eigenvalue weighted by molar-refractivity contribution is 5.87. The Morgan fingerprint density at radius 3 is 2.82 bits per heavy atom. The highest BCUT2D eigenvalue weighted by atomic mass is 16.5. The Bertz CT molecular complexity index is 956. The minimum atomic E-state index is -0.363. The molecule has 0 saturated heterocycles. The summed E-state index contributed by atoms with van der Waals surface area (Å²) in [6.07, 6.45) is 0.670. The van der Waals surface area contributed by atoms with Gasteiger partial charge in [-0.2, -0.15) is 4.98 Å². The zero-order chi connectivity index (χ0) is 15.7. The summed E-state index contributed by atoms with van der Waals surface area (Å²) in [5, 5.41) is 0.392. The lowest BCUT2D eigenvalue weighted by Crippen LogP contribution is -2.28. The summed E-state index contributed by atoms with van der Waals surface area (Å²) in [4.78, 5) is 29.5. The molecule has 3 rings (SSSR count). The van der Waals surface area contributed by atoms with Gasteiger partial charge in [-0.05, 0) is 25.5 Å². The molecule has 2 heterocycles. The normalized spacial score (nSPS) is 11.4. The lowest BCUT2D eigenvalue weighted by atomic mass is 10.2. The third kappa shape index (κ3) is 2.31. The predicted molar refractivity (Wildman–Crippen MR) is 83.3 cm³/mol. The SMILES string of the molecule is COCCCn1c(C)nc2oc3ccccc3c(=O)c2c1=O. The van der Waals surface area contributed by atoms with E-state index in [0.717, 1.165) is 0 Å². The van der Waals surface area contributed by atoms with Gasteiger partial charge in [0.15, 0.2) is 5.39 Å². The van der Waals surface area contributed by atoms with Crippen molar-refractivity contribution in [3.8, 4) is 0 Å². The molecule has 22 heavy (non-hydrogen) atoms.